The van der Waals surface area contributed by atoms with Gasteiger partial charge in [0.05, 0.1) is 20.9 Å². The quantitative estimate of drug-likeness (QED) is 0.233. The summed E-state index contributed by atoms with van der Waals surface area (Å²) >= 11 is 12.5. The fourth-order valence-corrected chi connectivity index (χ4v) is 4.38. The van der Waals surface area contributed by atoms with Gasteiger partial charge in [-0.15, -0.1) is 0 Å². The molecule has 0 aromatic heterocycles. The first-order valence-electron chi connectivity index (χ1n) is 9.71. The van der Waals surface area contributed by atoms with Crippen LogP contribution in [0, 0.1) is 0 Å². The first-order valence-corrected chi connectivity index (χ1v) is 11.5. The third-order valence-electron chi connectivity index (χ3n) is 4.35. The van der Waals surface area contributed by atoms with Crippen LogP contribution in [0.3, 0.4) is 0 Å². The Morgan fingerprint density at radius 2 is 1.24 bits per heavy atom. The Kier molecular flexibility index (Phi) is 13.1. The first kappa shape index (κ1) is 30.0. The van der Waals surface area contributed by atoms with Crippen molar-refractivity contribution in [1.29, 1.82) is 0 Å². The van der Waals surface area contributed by atoms with Crippen molar-refractivity contribution < 1.29 is 33.2 Å². The summed E-state index contributed by atoms with van der Waals surface area (Å²) in [5.41, 5.74) is -0.0386. The van der Waals surface area contributed by atoms with Crippen LogP contribution in [0.1, 0.15) is 31.1 Å². The maximum atomic E-state index is 13.2. The van der Waals surface area contributed by atoms with E-state index in [1.165, 1.54) is 21.3 Å². The molecule has 2 aromatic carbocycles. The molecule has 0 aliphatic heterocycles. The summed E-state index contributed by atoms with van der Waals surface area (Å²) in [5, 5.41) is 1.03. The second-order valence-corrected chi connectivity index (χ2v) is 8.63. The molecule has 0 fully saturated rings. The van der Waals surface area contributed by atoms with E-state index in [4.69, 9.17) is 51.6 Å². The van der Waals surface area contributed by atoms with Crippen molar-refractivity contribution >= 4 is 61.5 Å². The zero-order valence-electron chi connectivity index (χ0n) is 18.7. The van der Waals surface area contributed by atoms with Gasteiger partial charge in [0.15, 0.2) is 24.4 Å². The summed E-state index contributed by atoms with van der Waals surface area (Å²) in [7, 11) is 4.14. The molecule has 33 heavy (non-hydrogen) atoms. The molecule has 0 heterocycles. The van der Waals surface area contributed by atoms with Gasteiger partial charge in [-0.05, 0) is 41.5 Å². The normalized spacial score (nSPS) is 13.8. The zero-order chi connectivity index (χ0) is 23.8. The molecule has 0 bridgehead atoms. The van der Waals surface area contributed by atoms with Gasteiger partial charge in [0.2, 0.25) is 0 Å². The minimum atomic E-state index is -0.597. The molecule has 11 heteroatoms. The Hall–Kier alpha value is -1.00. The van der Waals surface area contributed by atoms with E-state index < -0.39 is 27.5 Å². The zero-order valence-corrected chi connectivity index (χ0v) is 21.2. The van der Waals surface area contributed by atoms with Gasteiger partial charge in [-0.2, -0.15) is 0 Å². The molecule has 0 saturated carbocycles. The fraction of sp³-hybridized carbons (Fsp3) is 0.409. The second kappa shape index (κ2) is 14.4. The van der Waals surface area contributed by atoms with Crippen LogP contribution < -0.4 is 19.5 Å². The van der Waals surface area contributed by atoms with Crippen molar-refractivity contribution in [3.8, 4) is 17.2 Å². The molecule has 0 spiro atoms. The van der Waals surface area contributed by atoms with E-state index in [9.17, 15) is 4.79 Å². The molecular formula is C22H28Cl2LiO7P. The van der Waals surface area contributed by atoms with E-state index in [-0.39, 0.29) is 40.0 Å². The number of hydrogen-bond acceptors (Lipinski definition) is 7. The number of hydrogen-bond donors (Lipinski definition) is 0. The molecular weight excluding hydrogens is 485 g/mol. The van der Waals surface area contributed by atoms with Crippen LogP contribution >= 0.6 is 31.8 Å². The minimum absolute atomic E-state index is 0. The van der Waals surface area contributed by atoms with Crippen LogP contribution in [0.25, 0.3) is 0 Å². The Balaban J connectivity index is 0.00000544. The van der Waals surface area contributed by atoms with Crippen LogP contribution in [-0.2, 0) is 14.2 Å². The van der Waals surface area contributed by atoms with Gasteiger partial charge < -0.3 is 28.4 Å². The third kappa shape index (κ3) is 8.62. The Labute approximate surface area is 218 Å². The summed E-state index contributed by atoms with van der Waals surface area (Å²) < 4.78 is 33.3. The van der Waals surface area contributed by atoms with Crippen LogP contribution in [0.5, 0.6) is 17.2 Å². The summed E-state index contributed by atoms with van der Waals surface area (Å²) in [6.45, 7) is 5.20. The van der Waals surface area contributed by atoms with Crippen molar-refractivity contribution in [2.45, 2.75) is 39.6 Å². The molecule has 0 aliphatic rings. The molecule has 4 unspecified atom stereocenters. The molecule has 0 N–H and O–H groups in total. The van der Waals surface area contributed by atoms with Crippen LogP contribution in [0.2, 0.25) is 10.0 Å². The first-order chi connectivity index (χ1) is 15.2. The van der Waals surface area contributed by atoms with Crippen molar-refractivity contribution in [2.24, 2.45) is 0 Å². The number of benzene rings is 2. The monoisotopic (exact) mass is 512 g/mol. The summed E-state index contributed by atoms with van der Waals surface area (Å²) in [6, 6.07) is 8.21. The average molecular weight is 513 g/mol. The molecule has 0 radical (unpaired) electrons. The summed E-state index contributed by atoms with van der Waals surface area (Å²) in [6.07, 6.45) is -1.71. The molecule has 0 amide bonds. The number of carbonyl (C=O) groups is 1. The van der Waals surface area contributed by atoms with E-state index >= 15 is 0 Å². The van der Waals surface area contributed by atoms with Gasteiger partial charge in [-0.3, -0.25) is 4.79 Å². The standard InChI is InChI=1S/C22H27Cl2O7P.Li.H/c1-12(26-4)29-15-10-18(30-13(2)27-5)21(19(11-15)31-14(3)28-6)32-22(25)20-16(23)8-7-9-17(20)24;;/h7-14,32H,1-6H3;;. The van der Waals surface area contributed by atoms with Crippen molar-refractivity contribution in [3.63, 3.8) is 0 Å². The summed E-state index contributed by atoms with van der Waals surface area (Å²) in [4.78, 5) is 13.2. The number of ether oxygens (including phenoxy) is 6. The van der Waals surface area contributed by atoms with Gasteiger partial charge in [0.25, 0.3) is 0 Å². The number of rotatable bonds is 12. The van der Waals surface area contributed by atoms with Gasteiger partial charge in [0, 0.05) is 33.5 Å². The average Bonchev–Trinajstić information content (AvgIpc) is 2.75. The number of carbonyl (C=O) groups excluding carboxylic acids is 1. The van der Waals surface area contributed by atoms with Gasteiger partial charge in [-0.1, -0.05) is 29.3 Å². The van der Waals surface area contributed by atoms with E-state index in [0.717, 1.165) is 0 Å². The van der Waals surface area contributed by atoms with E-state index in [1.807, 2.05) is 0 Å². The SMILES string of the molecule is COC(C)Oc1cc(OC(C)OC)c(PC(=O)c2c(Cl)cccc2Cl)c(OC(C)OC)c1.[LiH]. The van der Waals surface area contributed by atoms with E-state index in [2.05, 4.69) is 0 Å². The predicted octanol–water partition coefficient (Wildman–Crippen LogP) is 4.60. The van der Waals surface area contributed by atoms with Crippen LogP contribution in [0.15, 0.2) is 30.3 Å². The maximum absolute atomic E-state index is 13.2. The predicted molar refractivity (Wildman–Crippen MR) is 134 cm³/mol. The van der Waals surface area contributed by atoms with Crippen LogP contribution in [-0.4, -0.2) is 64.6 Å². The Morgan fingerprint density at radius 3 is 1.67 bits per heavy atom. The van der Waals surface area contributed by atoms with Crippen molar-refractivity contribution in [3.05, 3.63) is 45.9 Å². The fourth-order valence-electron chi connectivity index (χ4n) is 2.53. The van der Waals surface area contributed by atoms with E-state index in [0.29, 0.717) is 22.6 Å². The van der Waals surface area contributed by atoms with Crippen LogP contribution in [0.4, 0.5) is 0 Å². The molecule has 178 valence electrons. The van der Waals surface area contributed by atoms with Crippen molar-refractivity contribution in [2.75, 3.05) is 21.3 Å². The van der Waals surface area contributed by atoms with E-state index in [1.54, 1.807) is 51.1 Å². The molecule has 4 atom stereocenters. The van der Waals surface area contributed by atoms with Gasteiger partial charge >= 0.3 is 18.9 Å². The molecule has 0 saturated heterocycles. The Bertz CT molecular complexity index is 878. The molecule has 0 aliphatic carbocycles. The molecule has 2 rings (SSSR count). The topological polar surface area (TPSA) is 72.5 Å². The van der Waals surface area contributed by atoms with Gasteiger partial charge in [-0.25, -0.2) is 0 Å². The van der Waals surface area contributed by atoms with Gasteiger partial charge in [0.1, 0.15) is 17.2 Å². The second-order valence-electron chi connectivity index (χ2n) is 6.61. The van der Waals surface area contributed by atoms with Crippen molar-refractivity contribution in [1.82, 2.24) is 0 Å². The molecule has 7 nitrogen and oxygen atoms in total. The number of halogens is 2. The Morgan fingerprint density at radius 1 is 0.818 bits per heavy atom. The third-order valence-corrected chi connectivity index (χ3v) is 6.20. The number of methoxy groups -OCH3 is 3. The molecule has 2 aromatic rings. The summed E-state index contributed by atoms with van der Waals surface area (Å²) in [5.74, 6) is 1.13.